The molecule has 0 fully saturated rings. The Morgan fingerprint density at radius 1 is 0.500 bits per heavy atom. The van der Waals surface area contributed by atoms with E-state index in [4.69, 9.17) is 0 Å². The Labute approximate surface area is 107 Å². The highest BCUT2D eigenvalue weighted by Crippen LogP contribution is 2.38. The lowest BCUT2D eigenvalue weighted by molar-refractivity contribution is 0.627. The van der Waals surface area contributed by atoms with Crippen LogP contribution in [0.1, 0.15) is 78.1 Å². The Hall–Kier alpha value is 0.860. The zero-order valence-corrected chi connectivity index (χ0v) is 13.5. The fourth-order valence-electron chi connectivity index (χ4n) is 1.81. The smallest absolute Gasteiger partial charge is 0.0317 e. The maximum atomic E-state index is 2.29. The molecule has 0 aromatic carbocycles. The Morgan fingerprint density at radius 2 is 0.875 bits per heavy atom. The average molecular weight is 262 g/mol. The van der Waals surface area contributed by atoms with Crippen molar-refractivity contribution in [3.63, 3.8) is 0 Å². The molecule has 0 heterocycles. The number of unbranched alkanes of at least 4 members (excludes halogenated alkanes) is 8. The van der Waals surface area contributed by atoms with E-state index in [0.717, 1.165) is 0 Å². The minimum atomic E-state index is 1.28. The van der Waals surface area contributed by atoms with E-state index in [2.05, 4.69) is 13.8 Å². The third-order valence-electron chi connectivity index (χ3n) is 2.94. The van der Waals surface area contributed by atoms with Crippen molar-refractivity contribution < 1.29 is 0 Å². The Morgan fingerprint density at radius 3 is 1.38 bits per heavy atom. The molecule has 0 amide bonds. The summed E-state index contributed by atoms with van der Waals surface area (Å²) in [6, 6.07) is 0. The molecule has 98 valence electrons. The maximum Gasteiger partial charge on any atom is -0.0317 e. The third kappa shape index (κ3) is 14.9. The van der Waals surface area contributed by atoms with E-state index >= 15 is 0 Å². The fraction of sp³-hybridized carbons (Fsp3) is 1.00. The van der Waals surface area contributed by atoms with Crippen LogP contribution in [0.15, 0.2) is 0 Å². The van der Waals surface area contributed by atoms with E-state index in [1.807, 2.05) is 0 Å². The summed E-state index contributed by atoms with van der Waals surface area (Å²) in [6.07, 6.45) is 17.6. The quantitative estimate of drug-likeness (QED) is 0.274. The molecule has 0 aliphatic rings. The van der Waals surface area contributed by atoms with Gasteiger partial charge in [-0.3, -0.25) is 0 Å². The van der Waals surface area contributed by atoms with Crippen LogP contribution in [0.2, 0.25) is 0 Å². The minimum Gasteiger partial charge on any atom is -0.0992 e. The molecule has 16 heavy (non-hydrogen) atoms. The fourth-order valence-corrected chi connectivity index (χ4v) is 5.14. The van der Waals surface area contributed by atoms with Crippen molar-refractivity contribution in [3.05, 3.63) is 0 Å². The summed E-state index contributed by atoms with van der Waals surface area (Å²) < 4.78 is 0. The molecule has 0 spiro atoms. The van der Waals surface area contributed by atoms with Crippen molar-refractivity contribution in [2.45, 2.75) is 78.1 Å². The first-order chi connectivity index (χ1) is 7.91. The lowest BCUT2D eigenvalue weighted by Gasteiger charge is -2.02. The van der Waals surface area contributed by atoms with Gasteiger partial charge in [-0.25, -0.2) is 0 Å². The molecule has 0 radical (unpaired) electrons. The molecule has 0 aliphatic carbocycles. The van der Waals surface area contributed by atoms with Crippen LogP contribution < -0.4 is 0 Å². The molecule has 2 unspecified atom stereocenters. The summed E-state index contributed by atoms with van der Waals surface area (Å²) in [5.41, 5.74) is 0. The topological polar surface area (TPSA) is 0 Å². The van der Waals surface area contributed by atoms with Crippen LogP contribution in [0.5, 0.6) is 0 Å². The summed E-state index contributed by atoms with van der Waals surface area (Å²) in [5, 5.41) is 0. The second-order valence-electron chi connectivity index (χ2n) is 4.68. The van der Waals surface area contributed by atoms with Gasteiger partial charge in [-0.15, -0.1) is 0 Å². The first kappa shape index (κ1) is 16.9. The zero-order valence-electron chi connectivity index (χ0n) is 11.5. The molecule has 0 bridgehead atoms. The third-order valence-corrected chi connectivity index (χ3v) is 6.64. The first-order valence-electron chi connectivity index (χ1n) is 7.37. The summed E-state index contributed by atoms with van der Waals surface area (Å²) in [4.78, 5) is 0. The van der Waals surface area contributed by atoms with Crippen LogP contribution in [-0.2, 0) is 0 Å². The van der Waals surface area contributed by atoms with Crippen LogP contribution >= 0.6 is 16.5 Å². The summed E-state index contributed by atoms with van der Waals surface area (Å²) in [7, 11) is 2.57. The minimum absolute atomic E-state index is 1.28. The van der Waals surface area contributed by atoms with E-state index in [1.54, 1.807) is 0 Å². The molecule has 0 saturated heterocycles. The van der Waals surface area contributed by atoms with Crippen LogP contribution in [0.3, 0.4) is 0 Å². The van der Waals surface area contributed by atoms with Crippen molar-refractivity contribution in [1.29, 1.82) is 0 Å². The van der Waals surface area contributed by atoms with Gasteiger partial charge in [-0.2, -0.15) is 0 Å². The Balaban J connectivity index is 2.83. The molecule has 0 nitrogen and oxygen atoms in total. The molecule has 0 aromatic heterocycles. The Bertz CT molecular complexity index is 101. The molecular weight excluding hydrogens is 230 g/mol. The number of rotatable bonds is 13. The van der Waals surface area contributed by atoms with Gasteiger partial charge in [0.2, 0.25) is 0 Å². The standard InChI is InChI=1S/C14H32P2/c1-3-5-7-9-10-12-14-16-15-13-11-8-6-4-2/h15-16H,3-14H2,1-2H3. The monoisotopic (exact) mass is 262 g/mol. The van der Waals surface area contributed by atoms with Gasteiger partial charge >= 0.3 is 0 Å². The molecule has 0 aliphatic heterocycles. The van der Waals surface area contributed by atoms with Gasteiger partial charge in [0.1, 0.15) is 0 Å². The SMILES string of the molecule is CCCCCCCCPPCCCCCC. The highest BCUT2D eigenvalue weighted by molar-refractivity contribution is 8.11. The van der Waals surface area contributed by atoms with E-state index in [0.29, 0.717) is 0 Å². The Kier molecular flexibility index (Phi) is 16.7. The van der Waals surface area contributed by atoms with Gasteiger partial charge in [0.15, 0.2) is 0 Å². The summed E-state index contributed by atoms with van der Waals surface area (Å²) in [5.74, 6) is 0. The maximum absolute atomic E-state index is 2.29. The van der Waals surface area contributed by atoms with Gasteiger partial charge in [0, 0.05) is 0 Å². The normalized spacial score (nSPS) is 12.4. The van der Waals surface area contributed by atoms with Gasteiger partial charge in [0.05, 0.1) is 0 Å². The lowest BCUT2D eigenvalue weighted by Crippen LogP contribution is -1.80. The highest BCUT2D eigenvalue weighted by Gasteiger charge is 1.92. The average Bonchev–Trinajstić information content (AvgIpc) is 2.31. The number of hydrogen-bond acceptors (Lipinski definition) is 0. The van der Waals surface area contributed by atoms with E-state index < -0.39 is 0 Å². The van der Waals surface area contributed by atoms with Gasteiger partial charge < -0.3 is 0 Å². The highest BCUT2D eigenvalue weighted by atomic mass is 32.0. The molecule has 0 rings (SSSR count). The largest absolute Gasteiger partial charge is 0.0992 e. The molecular formula is C14H32P2. The van der Waals surface area contributed by atoms with Crippen molar-refractivity contribution in [3.8, 4) is 0 Å². The predicted octanol–water partition coefficient (Wildman–Crippen LogP) is 6.20. The molecule has 2 atom stereocenters. The van der Waals surface area contributed by atoms with Crippen molar-refractivity contribution in [2.75, 3.05) is 12.3 Å². The molecule has 0 aromatic rings. The van der Waals surface area contributed by atoms with Crippen LogP contribution in [0, 0.1) is 0 Å². The van der Waals surface area contributed by atoms with E-state index in [1.165, 1.54) is 93.1 Å². The zero-order chi connectivity index (χ0) is 11.9. The van der Waals surface area contributed by atoms with Gasteiger partial charge in [-0.1, -0.05) is 81.8 Å². The predicted molar refractivity (Wildman–Crippen MR) is 83.9 cm³/mol. The lowest BCUT2D eigenvalue weighted by atomic mass is 10.1. The van der Waals surface area contributed by atoms with Crippen molar-refractivity contribution in [1.82, 2.24) is 0 Å². The second kappa shape index (κ2) is 15.9. The first-order valence-corrected chi connectivity index (χ1v) is 10.8. The molecule has 0 N–H and O–H groups in total. The summed E-state index contributed by atoms with van der Waals surface area (Å²) >= 11 is 0. The summed E-state index contributed by atoms with van der Waals surface area (Å²) in [6.45, 7) is 4.59. The van der Waals surface area contributed by atoms with Crippen LogP contribution in [-0.4, -0.2) is 12.3 Å². The molecule has 0 saturated carbocycles. The van der Waals surface area contributed by atoms with Crippen molar-refractivity contribution >= 4 is 16.5 Å². The van der Waals surface area contributed by atoms with Gasteiger partial charge in [0.25, 0.3) is 0 Å². The van der Waals surface area contributed by atoms with Crippen molar-refractivity contribution in [2.24, 2.45) is 0 Å². The molecule has 2 heteroatoms. The van der Waals surface area contributed by atoms with Crippen LogP contribution in [0.4, 0.5) is 0 Å². The van der Waals surface area contributed by atoms with Gasteiger partial charge in [-0.05, 0) is 25.2 Å². The van der Waals surface area contributed by atoms with E-state index in [9.17, 15) is 0 Å². The second-order valence-corrected chi connectivity index (χ2v) is 8.51. The van der Waals surface area contributed by atoms with E-state index in [-0.39, 0.29) is 0 Å². The van der Waals surface area contributed by atoms with Crippen LogP contribution in [0.25, 0.3) is 0 Å². The number of hydrogen-bond donors (Lipinski definition) is 0.